The van der Waals surface area contributed by atoms with Gasteiger partial charge in [-0.15, -0.1) is 11.3 Å². The van der Waals surface area contributed by atoms with Crippen LogP contribution in [0, 0.1) is 0 Å². The van der Waals surface area contributed by atoms with Crippen molar-refractivity contribution >= 4 is 39.7 Å². The zero-order chi connectivity index (χ0) is 15.5. The summed E-state index contributed by atoms with van der Waals surface area (Å²) < 4.78 is 0.743. The zero-order valence-electron chi connectivity index (χ0n) is 12.1. The van der Waals surface area contributed by atoms with E-state index in [2.05, 4.69) is 4.98 Å². The van der Waals surface area contributed by atoms with Crippen molar-refractivity contribution in [2.45, 2.75) is 13.5 Å². The maximum atomic E-state index is 12.9. The Balaban J connectivity index is 1.93. The van der Waals surface area contributed by atoms with E-state index in [0.717, 1.165) is 20.1 Å². The molecule has 0 saturated heterocycles. The van der Waals surface area contributed by atoms with Crippen LogP contribution in [-0.2, 0) is 6.54 Å². The molecule has 5 heteroatoms. The number of aromatic nitrogens is 1. The number of hydrogen-bond donors (Lipinski definition) is 0. The van der Waals surface area contributed by atoms with Crippen molar-refractivity contribution in [3.63, 3.8) is 0 Å². The fraction of sp³-hybridized carbons (Fsp3) is 0.176. The number of pyridine rings is 1. The van der Waals surface area contributed by atoms with Crippen LogP contribution in [0.2, 0.25) is 4.34 Å². The lowest BCUT2D eigenvalue weighted by Gasteiger charge is -2.21. The Hall–Kier alpha value is -1.91. The van der Waals surface area contributed by atoms with Crippen LogP contribution < -0.4 is 0 Å². The van der Waals surface area contributed by atoms with E-state index < -0.39 is 0 Å². The number of hydrogen-bond acceptors (Lipinski definition) is 3. The first-order valence-electron chi connectivity index (χ1n) is 7.06. The molecule has 1 amide bonds. The Morgan fingerprint density at radius 1 is 1.23 bits per heavy atom. The predicted molar refractivity (Wildman–Crippen MR) is 91.5 cm³/mol. The van der Waals surface area contributed by atoms with Crippen LogP contribution in [0.5, 0.6) is 0 Å². The average molecular weight is 331 g/mol. The molecular weight excluding hydrogens is 316 g/mol. The Labute approximate surface area is 138 Å². The molecule has 3 nitrogen and oxygen atoms in total. The monoisotopic (exact) mass is 330 g/mol. The molecule has 0 N–H and O–H groups in total. The van der Waals surface area contributed by atoms with Crippen molar-refractivity contribution < 1.29 is 4.79 Å². The first-order valence-corrected chi connectivity index (χ1v) is 8.25. The second-order valence-electron chi connectivity index (χ2n) is 4.90. The molecule has 0 aliphatic carbocycles. The van der Waals surface area contributed by atoms with E-state index in [1.807, 2.05) is 54.3 Å². The van der Waals surface area contributed by atoms with Gasteiger partial charge in [-0.2, -0.15) is 0 Å². The fourth-order valence-corrected chi connectivity index (χ4v) is 3.52. The van der Waals surface area contributed by atoms with E-state index in [1.54, 1.807) is 6.20 Å². The molecule has 0 radical (unpaired) electrons. The Kier molecular flexibility index (Phi) is 4.41. The van der Waals surface area contributed by atoms with Crippen molar-refractivity contribution in [1.82, 2.24) is 9.88 Å². The minimum Gasteiger partial charge on any atom is -0.334 e. The van der Waals surface area contributed by atoms with Crippen molar-refractivity contribution in [2.24, 2.45) is 0 Å². The van der Waals surface area contributed by atoms with E-state index >= 15 is 0 Å². The largest absolute Gasteiger partial charge is 0.334 e. The van der Waals surface area contributed by atoms with Crippen molar-refractivity contribution in [2.75, 3.05) is 6.54 Å². The highest BCUT2D eigenvalue weighted by atomic mass is 35.5. The van der Waals surface area contributed by atoms with Crippen LogP contribution in [0.3, 0.4) is 0 Å². The summed E-state index contributed by atoms with van der Waals surface area (Å²) in [5.74, 6) is 0.0191. The fourth-order valence-electron chi connectivity index (χ4n) is 2.41. The lowest BCUT2D eigenvalue weighted by atomic mass is 10.1. The summed E-state index contributed by atoms with van der Waals surface area (Å²) >= 11 is 7.48. The van der Waals surface area contributed by atoms with Gasteiger partial charge in [0.25, 0.3) is 5.91 Å². The Morgan fingerprint density at radius 2 is 2.09 bits per heavy atom. The molecule has 1 aromatic carbocycles. The molecule has 0 unspecified atom stereocenters. The number of fused-ring (bicyclic) bond motifs is 1. The minimum atomic E-state index is 0.0191. The highest BCUT2D eigenvalue weighted by Crippen LogP contribution is 2.24. The van der Waals surface area contributed by atoms with Crippen LogP contribution in [0.4, 0.5) is 0 Å². The first-order chi connectivity index (χ1) is 10.7. The average Bonchev–Trinajstić information content (AvgIpc) is 2.96. The van der Waals surface area contributed by atoms with Gasteiger partial charge in [-0.25, -0.2) is 0 Å². The quantitative estimate of drug-likeness (QED) is 0.699. The number of rotatable bonds is 4. The third kappa shape index (κ3) is 2.98. The normalized spacial score (nSPS) is 10.8. The lowest BCUT2D eigenvalue weighted by molar-refractivity contribution is 0.0756. The van der Waals surface area contributed by atoms with Gasteiger partial charge < -0.3 is 4.90 Å². The third-order valence-corrected chi connectivity index (χ3v) is 4.74. The summed E-state index contributed by atoms with van der Waals surface area (Å²) in [6.45, 7) is 3.20. The number of halogens is 1. The first kappa shape index (κ1) is 15.0. The van der Waals surface area contributed by atoms with Crippen LogP contribution in [0.25, 0.3) is 10.9 Å². The molecular formula is C17H15ClN2OS. The third-order valence-electron chi connectivity index (χ3n) is 3.52. The van der Waals surface area contributed by atoms with E-state index in [1.165, 1.54) is 11.3 Å². The van der Waals surface area contributed by atoms with Gasteiger partial charge in [0.15, 0.2) is 0 Å². The summed E-state index contributed by atoms with van der Waals surface area (Å²) in [4.78, 5) is 20.1. The second-order valence-corrected chi connectivity index (χ2v) is 6.70. The maximum Gasteiger partial charge on any atom is 0.254 e. The molecule has 22 heavy (non-hydrogen) atoms. The zero-order valence-corrected chi connectivity index (χ0v) is 13.7. The van der Waals surface area contributed by atoms with Gasteiger partial charge in [-0.3, -0.25) is 9.78 Å². The van der Waals surface area contributed by atoms with Gasteiger partial charge >= 0.3 is 0 Å². The van der Waals surface area contributed by atoms with Gasteiger partial charge in [0.1, 0.15) is 0 Å². The molecule has 0 atom stereocenters. The number of carbonyl (C=O) groups is 1. The number of thiophene rings is 1. The molecule has 2 heterocycles. The van der Waals surface area contributed by atoms with E-state index in [4.69, 9.17) is 11.6 Å². The van der Waals surface area contributed by atoms with Crippen LogP contribution >= 0.6 is 22.9 Å². The number of nitrogens with zero attached hydrogens (tertiary/aromatic N) is 2. The highest BCUT2D eigenvalue weighted by Gasteiger charge is 2.17. The maximum absolute atomic E-state index is 12.9. The summed E-state index contributed by atoms with van der Waals surface area (Å²) in [6.07, 6.45) is 1.74. The molecule has 0 bridgehead atoms. The Morgan fingerprint density at radius 3 is 2.82 bits per heavy atom. The molecule has 112 valence electrons. The van der Waals surface area contributed by atoms with Crippen molar-refractivity contribution in [1.29, 1.82) is 0 Å². The minimum absolute atomic E-state index is 0.0191. The van der Waals surface area contributed by atoms with Gasteiger partial charge in [-0.1, -0.05) is 23.7 Å². The van der Waals surface area contributed by atoms with E-state index in [9.17, 15) is 4.79 Å². The molecule has 0 spiro atoms. The topological polar surface area (TPSA) is 33.2 Å². The highest BCUT2D eigenvalue weighted by molar-refractivity contribution is 7.16. The van der Waals surface area contributed by atoms with Gasteiger partial charge in [0.05, 0.1) is 16.4 Å². The van der Waals surface area contributed by atoms with Crippen LogP contribution in [-0.4, -0.2) is 22.3 Å². The summed E-state index contributed by atoms with van der Waals surface area (Å²) in [5, 5.41) is 0.887. The lowest BCUT2D eigenvalue weighted by Crippen LogP contribution is -2.30. The summed E-state index contributed by atoms with van der Waals surface area (Å²) in [7, 11) is 0. The predicted octanol–water partition coefficient (Wildman–Crippen LogP) is 4.61. The summed E-state index contributed by atoms with van der Waals surface area (Å²) in [6, 6.07) is 13.3. The van der Waals surface area contributed by atoms with Crippen molar-refractivity contribution in [3.05, 3.63) is 63.4 Å². The van der Waals surface area contributed by atoms with Crippen LogP contribution in [0.15, 0.2) is 48.7 Å². The standard InChI is InChI=1S/C17H15ClN2OS/c1-2-20(11-12-8-9-16(18)22-12)17(21)14-5-3-7-15-13(14)6-4-10-19-15/h3-10H,2,11H2,1H3. The number of amides is 1. The Bertz CT molecular complexity index is 810. The van der Waals surface area contributed by atoms with Crippen molar-refractivity contribution in [3.8, 4) is 0 Å². The van der Waals surface area contributed by atoms with Gasteiger partial charge in [-0.05, 0) is 37.3 Å². The molecule has 0 aliphatic rings. The molecule has 0 aliphatic heterocycles. The smallest absolute Gasteiger partial charge is 0.254 e. The van der Waals surface area contributed by atoms with Crippen LogP contribution in [0.1, 0.15) is 22.2 Å². The van der Waals surface area contributed by atoms with E-state index in [-0.39, 0.29) is 5.91 Å². The van der Waals surface area contributed by atoms with E-state index in [0.29, 0.717) is 18.7 Å². The molecule has 0 fully saturated rings. The summed E-state index contributed by atoms with van der Waals surface area (Å²) in [5.41, 5.74) is 1.53. The second kappa shape index (κ2) is 6.46. The molecule has 3 aromatic rings. The number of benzene rings is 1. The number of carbonyl (C=O) groups excluding carboxylic acids is 1. The van der Waals surface area contributed by atoms with Gasteiger partial charge in [0, 0.05) is 28.6 Å². The molecule has 0 saturated carbocycles. The molecule has 2 aromatic heterocycles. The SMILES string of the molecule is CCN(Cc1ccc(Cl)s1)C(=O)c1cccc2ncccc12. The molecule has 3 rings (SSSR count). The van der Waals surface area contributed by atoms with Gasteiger partial charge in [0.2, 0.25) is 0 Å².